The number of aromatic nitrogens is 4. The number of aromatic amines is 1. The maximum Gasteiger partial charge on any atom is 0.152 e. The van der Waals surface area contributed by atoms with Crippen molar-refractivity contribution in [2.75, 3.05) is 30.0 Å². The fourth-order valence-electron chi connectivity index (χ4n) is 4.16. The van der Waals surface area contributed by atoms with Crippen molar-refractivity contribution in [2.24, 2.45) is 5.10 Å². The Morgan fingerprint density at radius 1 is 1.09 bits per heavy atom. The molecule has 5 rings (SSSR count). The highest BCUT2D eigenvalue weighted by Gasteiger charge is 2.15. The van der Waals surface area contributed by atoms with Gasteiger partial charge < -0.3 is 14.6 Å². The van der Waals surface area contributed by atoms with E-state index < -0.39 is 0 Å². The number of hydrogen-bond donors (Lipinski definition) is 2. The number of nitrogens with zero attached hydrogens (tertiary/aromatic N) is 5. The van der Waals surface area contributed by atoms with E-state index in [1.54, 1.807) is 12.4 Å². The van der Waals surface area contributed by atoms with Gasteiger partial charge in [0.05, 0.1) is 19.0 Å². The highest BCUT2D eigenvalue weighted by atomic mass is 16.5. The smallest absolute Gasteiger partial charge is 0.152 e. The molecular weight excluding hydrogens is 426 g/mol. The standard InChI is InChI=1S/C26H29N7O/c1-4-13-33(14-5-1)26-16-25(32-29-18-20-17-28-23-10-3-2-9-22(20)23)30-24(31-26)11-7-15-34-21-8-6-12-27-19-21/h2-3,6,8-10,12,16-19,28H,1,4-5,7,11,13-15H2,(H,30,31,32)/b29-18+. The van der Waals surface area contributed by atoms with Gasteiger partial charge in [-0.05, 0) is 43.9 Å². The molecule has 1 fully saturated rings. The Labute approximate surface area is 199 Å². The molecule has 1 saturated heterocycles. The maximum atomic E-state index is 5.78. The van der Waals surface area contributed by atoms with Gasteiger partial charge in [-0.1, -0.05) is 18.2 Å². The molecule has 34 heavy (non-hydrogen) atoms. The minimum absolute atomic E-state index is 0.588. The van der Waals surface area contributed by atoms with E-state index in [1.807, 2.05) is 42.7 Å². The third-order valence-electron chi connectivity index (χ3n) is 5.89. The Bertz CT molecular complexity index is 1230. The number of hydrazone groups is 1. The van der Waals surface area contributed by atoms with Crippen LogP contribution in [0.2, 0.25) is 0 Å². The number of H-pyrrole nitrogens is 1. The van der Waals surface area contributed by atoms with E-state index >= 15 is 0 Å². The van der Waals surface area contributed by atoms with E-state index in [9.17, 15) is 0 Å². The Hall–Kier alpha value is -3.94. The molecule has 0 unspecified atom stereocenters. The van der Waals surface area contributed by atoms with Crippen LogP contribution in [0.15, 0.2) is 66.2 Å². The van der Waals surface area contributed by atoms with Crippen molar-refractivity contribution in [3.05, 3.63) is 72.4 Å². The molecule has 174 valence electrons. The average Bonchev–Trinajstić information content (AvgIpc) is 3.31. The minimum atomic E-state index is 0.588. The summed E-state index contributed by atoms with van der Waals surface area (Å²) in [6, 6.07) is 14.0. The SMILES string of the molecule is C(=N\Nc1cc(N2CCCCC2)nc(CCCOc2cccnc2)n1)/c1c[nH]c2ccccc12. The van der Waals surface area contributed by atoms with Crippen molar-refractivity contribution in [1.29, 1.82) is 0 Å². The van der Waals surface area contributed by atoms with Crippen LogP contribution in [-0.4, -0.2) is 45.8 Å². The quantitative estimate of drug-likeness (QED) is 0.214. The summed E-state index contributed by atoms with van der Waals surface area (Å²) in [7, 11) is 0. The number of rotatable bonds is 9. The van der Waals surface area contributed by atoms with Crippen LogP contribution >= 0.6 is 0 Å². The molecule has 0 amide bonds. The molecule has 0 radical (unpaired) electrons. The Morgan fingerprint density at radius 3 is 2.88 bits per heavy atom. The highest BCUT2D eigenvalue weighted by Crippen LogP contribution is 2.21. The van der Waals surface area contributed by atoms with Gasteiger partial charge in [0, 0.05) is 54.4 Å². The first kappa shape index (κ1) is 21.9. The van der Waals surface area contributed by atoms with Gasteiger partial charge in [-0.3, -0.25) is 10.4 Å². The molecule has 1 aromatic carbocycles. The van der Waals surface area contributed by atoms with E-state index in [-0.39, 0.29) is 0 Å². The lowest BCUT2D eigenvalue weighted by Crippen LogP contribution is -2.30. The zero-order chi connectivity index (χ0) is 23.0. The molecule has 4 heterocycles. The van der Waals surface area contributed by atoms with E-state index in [0.717, 1.165) is 59.8 Å². The lowest BCUT2D eigenvalue weighted by molar-refractivity contribution is 0.308. The summed E-state index contributed by atoms with van der Waals surface area (Å²) in [5, 5.41) is 5.60. The van der Waals surface area contributed by atoms with Crippen LogP contribution in [0, 0.1) is 0 Å². The van der Waals surface area contributed by atoms with Gasteiger partial charge in [0.1, 0.15) is 17.4 Å². The Kier molecular flexibility index (Phi) is 6.94. The second-order valence-electron chi connectivity index (χ2n) is 8.38. The molecule has 8 heteroatoms. The fraction of sp³-hybridized carbons (Fsp3) is 0.308. The normalized spacial score (nSPS) is 14.1. The summed E-state index contributed by atoms with van der Waals surface area (Å²) in [5.74, 6) is 3.24. The predicted molar refractivity (Wildman–Crippen MR) is 136 cm³/mol. The van der Waals surface area contributed by atoms with Crippen molar-refractivity contribution < 1.29 is 4.74 Å². The predicted octanol–water partition coefficient (Wildman–Crippen LogP) is 4.80. The number of aryl methyl sites for hydroxylation is 1. The fourth-order valence-corrected chi connectivity index (χ4v) is 4.16. The van der Waals surface area contributed by atoms with Gasteiger partial charge in [0.2, 0.25) is 0 Å². The molecule has 0 spiro atoms. The van der Waals surface area contributed by atoms with Crippen LogP contribution in [0.25, 0.3) is 10.9 Å². The van der Waals surface area contributed by atoms with Crippen LogP contribution in [0.1, 0.15) is 37.1 Å². The number of anilines is 2. The second kappa shape index (κ2) is 10.8. The van der Waals surface area contributed by atoms with Gasteiger partial charge in [0.25, 0.3) is 0 Å². The van der Waals surface area contributed by atoms with Crippen LogP contribution in [0.3, 0.4) is 0 Å². The summed E-state index contributed by atoms with van der Waals surface area (Å²) in [4.78, 5) is 19.3. The minimum Gasteiger partial charge on any atom is -0.492 e. The summed E-state index contributed by atoms with van der Waals surface area (Å²) >= 11 is 0. The van der Waals surface area contributed by atoms with E-state index in [2.05, 4.69) is 37.5 Å². The molecule has 4 aromatic rings. The van der Waals surface area contributed by atoms with E-state index in [4.69, 9.17) is 14.7 Å². The first-order valence-electron chi connectivity index (χ1n) is 11.9. The summed E-state index contributed by atoms with van der Waals surface area (Å²) < 4.78 is 5.78. The number of para-hydroxylation sites is 1. The zero-order valence-corrected chi connectivity index (χ0v) is 19.2. The van der Waals surface area contributed by atoms with Crippen molar-refractivity contribution in [1.82, 2.24) is 19.9 Å². The Balaban J connectivity index is 1.27. The van der Waals surface area contributed by atoms with Crippen LogP contribution < -0.4 is 15.1 Å². The third-order valence-corrected chi connectivity index (χ3v) is 5.89. The summed E-state index contributed by atoms with van der Waals surface area (Å²) in [6.07, 6.45) is 12.5. The second-order valence-corrected chi connectivity index (χ2v) is 8.38. The largest absolute Gasteiger partial charge is 0.492 e. The van der Waals surface area contributed by atoms with Gasteiger partial charge in [-0.2, -0.15) is 5.10 Å². The van der Waals surface area contributed by atoms with Gasteiger partial charge >= 0.3 is 0 Å². The number of pyridine rings is 1. The first-order valence-corrected chi connectivity index (χ1v) is 11.9. The molecule has 3 aromatic heterocycles. The maximum absolute atomic E-state index is 5.78. The van der Waals surface area contributed by atoms with Crippen molar-refractivity contribution in [2.45, 2.75) is 32.1 Å². The van der Waals surface area contributed by atoms with Gasteiger partial charge in [-0.15, -0.1) is 0 Å². The van der Waals surface area contributed by atoms with E-state index in [0.29, 0.717) is 12.4 Å². The van der Waals surface area contributed by atoms with Crippen molar-refractivity contribution in [3.63, 3.8) is 0 Å². The molecule has 0 atom stereocenters. The summed E-state index contributed by atoms with van der Waals surface area (Å²) in [5.41, 5.74) is 5.24. The van der Waals surface area contributed by atoms with E-state index in [1.165, 1.54) is 19.3 Å². The number of benzene rings is 1. The molecule has 1 aliphatic rings. The zero-order valence-electron chi connectivity index (χ0n) is 19.2. The lowest BCUT2D eigenvalue weighted by Gasteiger charge is -2.28. The summed E-state index contributed by atoms with van der Waals surface area (Å²) in [6.45, 7) is 2.64. The monoisotopic (exact) mass is 455 g/mol. The van der Waals surface area contributed by atoms with Crippen LogP contribution in [0.4, 0.5) is 11.6 Å². The molecule has 2 N–H and O–H groups in total. The molecule has 1 aliphatic heterocycles. The van der Waals surface area contributed by atoms with Crippen LogP contribution in [-0.2, 0) is 6.42 Å². The number of fused-ring (bicyclic) bond motifs is 1. The Morgan fingerprint density at radius 2 is 2.00 bits per heavy atom. The molecule has 8 nitrogen and oxygen atoms in total. The highest BCUT2D eigenvalue weighted by molar-refractivity contribution is 5.99. The van der Waals surface area contributed by atoms with Crippen molar-refractivity contribution >= 4 is 28.8 Å². The van der Waals surface area contributed by atoms with Crippen molar-refractivity contribution in [3.8, 4) is 5.75 Å². The average molecular weight is 456 g/mol. The number of hydrogen-bond acceptors (Lipinski definition) is 7. The topological polar surface area (TPSA) is 91.3 Å². The van der Waals surface area contributed by atoms with Gasteiger partial charge in [0.15, 0.2) is 5.82 Å². The first-order chi connectivity index (χ1) is 16.8. The van der Waals surface area contributed by atoms with Gasteiger partial charge in [-0.25, -0.2) is 9.97 Å². The number of nitrogens with one attached hydrogen (secondary N) is 2. The third kappa shape index (κ3) is 5.51. The van der Waals surface area contributed by atoms with Crippen LogP contribution in [0.5, 0.6) is 5.75 Å². The molecule has 0 bridgehead atoms. The number of piperidine rings is 1. The molecular formula is C26H29N7O. The molecule has 0 saturated carbocycles. The number of ether oxygens (including phenoxy) is 1. The molecule has 0 aliphatic carbocycles. The lowest BCUT2D eigenvalue weighted by atomic mass is 10.1.